The minimum Gasteiger partial charge on any atom is -0.300 e. The molecule has 2 heteroatoms. The van der Waals surface area contributed by atoms with Gasteiger partial charge in [-0.25, -0.2) is 0 Å². The molecule has 0 aromatic rings. The van der Waals surface area contributed by atoms with Crippen molar-refractivity contribution in [2.24, 2.45) is 35.0 Å². The van der Waals surface area contributed by atoms with Gasteiger partial charge in [0.25, 0.3) is 0 Å². The molecule has 0 aromatic carbocycles. The van der Waals surface area contributed by atoms with Crippen LogP contribution < -0.4 is 0 Å². The molecular weight excluding hydrogens is 234 g/mol. The zero-order chi connectivity index (χ0) is 13.0. The summed E-state index contributed by atoms with van der Waals surface area (Å²) in [5.74, 6) is 4.34. The summed E-state index contributed by atoms with van der Waals surface area (Å²) in [6.07, 6.45) is 10.1. The van der Waals surface area contributed by atoms with Crippen molar-refractivity contribution in [3.63, 3.8) is 0 Å². The van der Waals surface area contributed by atoms with E-state index in [-0.39, 0.29) is 5.41 Å². The summed E-state index contributed by atoms with van der Waals surface area (Å²) in [5.41, 5.74) is -0.280. The lowest BCUT2D eigenvalue weighted by atomic mass is 9.45. The largest absolute Gasteiger partial charge is 0.300 e. The lowest BCUT2D eigenvalue weighted by Gasteiger charge is -2.59. The van der Waals surface area contributed by atoms with Crippen molar-refractivity contribution in [3.8, 4) is 6.07 Å². The van der Waals surface area contributed by atoms with Gasteiger partial charge < -0.3 is 0 Å². The minimum atomic E-state index is -0.280. The van der Waals surface area contributed by atoms with E-state index in [2.05, 4.69) is 6.07 Å². The molecule has 0 saturated heterocycles. The maximum absolute atomic E-state index is 11.9. The molecule has 5 aliphatic carbocycles. The van der Waals surface area contributed by atoms with Gasteiger partial charge in [-0.3, -0.25) is 4.79 Å². The first kappa shape index (κ1) is 11.9. The van der Waals surface area contributed by atoms with E-state index >= 15 is 0 Å². The van der Waals surface area contributed by atoms with Crippen molar-refractivity contribution in [1.29, 1.82) is 5.26 Å². The maximum Gasteiger partial charge on any atom is 0.134 e. The Hall–Kier alpha value is -0.840. The topological polar surface area (TPSA) is 40.9 Å². The van der Waals surface area contributed by atoms with Crippen LogP contribution in [0, 0.1) is 46.3 Å². The molecule has 5 aliphatic rings. The van der Waals surface area contributed by atoms with Gasteiger partial charge in [-0.2, -0.15) is 5.26 Å². The van der Waals surface area contributed by atoms with E-state index in [9.17, 15) is 10.1 Å². The first-order chi connectivity index (χ1) is 9.20. The standard InChI is InChI=1S/C17H23NO/c18-10-17(3-1-2-15(19)9-17)16-13-5-11-4-12(7-13)8-14(16)6-11/h11-14,16H,1-9H2. The van der Waals surface area contributed by atoms with Crippen LogP contribution in [-0.4, -0.2) is 5.78 Å². The SMILES string of the molecule is N#CC1(C2C3CC4CC(C3)CC2C4)CCCC(=O)C1. The summed E-state index contributed by atoms with van der Waals surface area (Å²) in [6.45, 7) is 0. The zero-order valence-corrected chi connectivity index (χ0v) is 11.6. The van der Waals surface area contributed by atoms with E-state index in [1.54, 1.807) is 0 Å². The Morgan fingerprint density at radius 3 is 2.21 bits per heavy atom. The molecule has 0 aromatic heterocycles. The second-order valence-corrected chi connectivity index (χ2v) is 7.79. The van der Waals surface area contributed by atoms with Crippen LogP contribution in [-0.2, 0) is 4.79 Å². The summed E-state index contributed by atoms with van der Waals surface area (Å²) < 4.78 is 0. The Labute approximate surface area is 115 Å². The summed E-state index contributed by atoms with van der Waals surface area (Å²) in [7, 11) is 0. The van der Waals surface area contributed by atoms with Crippen molar-refractivity contribution in [2.75, 3.05) is 0 Å². The second kappa shape index (κ2) is 4.08. The van der Waals surface area contributed by atoms with Gasteiger partial charge in [-0.1, -0.05) is 0 Å². The first-order valence-electron chi connectivity index (χ1n) is 8.13. The van der Waals surface area contributed by atoms with Gasteiger partial charge in [0.15, 0.2) is 0 Å². The van der Waals surface area contributed by atoms with Crippen molar-refractivity contribution in [3.05, 3.63) is 0 Å². The van der Waals surface area contributed by atoms with Gasteiger partial charge >= 0.3 is 0 Å². The molecule has 0 N–H and O–H groups in total. The van der Waals surface area contributed by atoms with E-state index in [4.69, 9.17) is 0 Å². The second-order valence-electron chi connectivity index (χ2n) is 7.79. The molecule has 4 bridgehead atoms. The molecular formula is C17H23NO. The van der Waals surface area contributed by atoms with Gasteiger partial charge in [-0.05, 0) is 74.5 Å². The fourth-order valence-electron chi connectivity index (χ4n) is 6.41. The Kier molecular flexibility index (Phi) is 2.56. The normalized spacial score (nSPS) is 52.2. The quantitative estimate of drug-likeness (QED) is 0.718. The van der Waals surface area contributed by atoms with Crippen LogP contribution in [0.1, 0.15) is 57.8 Å². The lowest BCUT2D eigenvalue weighted by Crippen LogP contribution is -2.52. The van der Waals surface area contributed by atoms with Crippen LogP contribution in [0.5, 0.6) is 0 Å². The maximum atomic E-state index is 11.9. The molecule has 5 rings (SSSR count). The predicted octanol–water partition coefficient (Wildman–Crippen LogP) is 3.71. The highest BCUT2D eigenvalue weighted by molar-refractivity contribution is 5.80. The Bertz CT molecular complexity index is 421. The molecule has 1 unspecified atom stereocenters. The van der Waals surface area contributed by atoms with E-state index in [1.165, 1.54) is 32.1 Å². The highest BCUT2D eigenvalue weighted by atomic mass is 16.1. The Morgan fingerprint density at radius 1 is 1.05 bits per heavy atom. The van der Waals surface area contributed by atoms with Crippen LogP contribution in [0.3, 0.4) is 0 Å². The fraction of sp³-hybridized carbons (Fsp3) is 0.882. The molecule has 1 atom stereocenters. The molecule has 19 heavy (non-hydrogen) atoms. The van der Waals surface area contributed by atoms with Crippen LogP contribution in [0.4, 0.5) is 0 Å². The lowest BCUT2D eigenvalue weighted by molar-refractivity contribution is -0.130. The molecule has 102 valence electrons. The van der Waals surface area contributed by atoms with Crippen LogP contribution in [0.2, 0.25) is 0 Å². The number of Topliss-reactive ketones (excluding diaryl/α,β-unsaturated/α-hetero) is 1. The monoisotopic (exact) mass is 257 g/mol. The van der Waals surface area contributed by atoms with Crippen molar-refractivity contribution in [2.45, 2.75) is 57.8 Å². The third-order valence-electron chi connectivity index (χ3n) is 6.68. The number of nitriles is 1. The summed E-state index contributed by atoms with van der Waals surface area (Å²) in [5, 5.41) is 9.84. The number of nitrogens with zero attached hydrogens (tertiary/aromatic N) is 1. The summed E-state index contributed by atoms with van der Waals surface area (Å²) >= 11 is 0. The predicted molar refractivity (Wildman–Crippen MR) is 72.1 cm³/mol. The van der Waals surface area contributed by atoms with Gasteiger partial charge in [0, 0.05) is 12.8 Å². The number of carbonyl (C=O) groups is 1. The number of hydrogen-bond donors (Lipinski definition) is 0. The molecule has 0 aliphatic heterocycles. The molecule has 0 radical (unpaired) electrons. The average molecular weight is 257 g/mol. The number of rotatable bonds is 1. The minimum absolute atomic E-state index is 0.280. The van der Waals surface area contributed by atoms with E-state index < -0.39 is 0 Å². The van der Waals surface area contributed by atoms with Crippen molar-refractivity contribution in [1.82, 2.24) is 0 Å². The highest BCUT2D eigenvalue weighted by Crippen LogP contribution is 2.62. The Balaban J connectivity index is 1.67. The smallest absolute Gasteiger partial charge is 0.134 e. The average Bonchev–Trinajstić information content (AvgIpc) is 2.37. The van der Waals surface area contributed by atoms with E-state index in [1.807, 2.05) is 0 Å². The molecule has 5 saturated carbocycles. The number of hydrogen-bond acceptors (Lipinski definition) is 2. The van der Waals surface area contributed by atoms with Gasteiger partial charge in [0.05, 0.1) is 11.5 Å². The third-order valence-corrected chi connectivity index (χ3v) is 6.68. The highest BCUT2D eigenvalue weighted by Gasteiger charge is 2.56. The Morgan fingerprint density at radius 2 is 1.68 bits per heavy atom. The third kappa shape index (κ3) is 1.70. The number of ketones is 1. The van der Waals surface area contributed by atoms with E-state index in [0.717, 1.165) is 42.9 Å². The summed E-state index contributed by atoms with van der Waals surface area (Å²) in [6, 6.07) is 2.65. The first-order valence-corrected chi connectivity index (χ1v) is 8.13. The van der Waals surface area contributed by atoms with Crippen LogP contribution in [0.15, 0.2) is 0 Å². The molecule has 0 heterocycles. The molecule has 5 fully saturated rings. The van der Waals surface area contributed by atoms with Gasteiger partial charge in [0.2, 0.25) is 0 Å². The fourth-order valence-corrected chi connectivity index (χ4v) is 6.41. The van der Waals surface area contributed by atoms with Crippen LogP contribution >= 0.6 is 0 Å². The molecule has 0 spiro atoms. The molecule has 0 amide bonds. The van der Waals surface area contributed by atoms with Crippen molar-refractivity contribution < 1.29 is 4.79 Å². The van der Waals surface area contributed by atoms with Crippen molar-refractivity contribution >= 4 is 5.78 Å². The zero-order valence-electron chi connectivity index (χ0n) is 11.6. The molecule has 2 nitrogen and oxygen atoms in total. The van der Waals surface area contributed by atoms with E-state index in [0.29, 0.717) is 18.1 Å². The number of carbonyl (C=O) groups excluding carboxylic acids is 1. The van der Waals surface area contributed by atoms with Gasteiger partial charge in [-0.15, -0.1) is 0 Å². The van der Waals surface area contributed by atoms with Gasteiger partial charge in [0.1, 0.15) is 5.78 Å². The van der Waals surface area contributed by atoms with Crippen LogP contribution in [0.25, 0.3) is 0 Å². The summed E-state index contributed by atoms with van der Waals surface area (Å²) in [4.78, 5) is 11.9.